The van der Waals surface area contributed by atoms with Gasteiger partial charge in [0.05, 0.1) is 5.69 Å². The average Bonchev–Trinajstić information content (AvgIpc) is 2.56. The van der Waals surface area contributed by atoms with Crippen molar-refractivity contribution in [3.05, 3.63) is 59.4 Å². The molecule has 0 aliphatic heterocycles. The number of carbonyl (C=O) groups excluding carboxylic acids is 2. The van der Waals surface area contributed by atoms with Gasteiger partial charge in [-0.05, 0) is 55.7 Å². The van der Waals surface area contributed by atoms with Gasteiger partial charge in [-0.3, -0.25) is 4.79 Å². The minimum Gasteiger partial charge on any atom is -0.508 e. The van der Waals surface area contributed by atoms with E-state index in [0.717, 1.165) is 11.6 Å². The summed E-state index contributed by atoms with van der Waals surface area (Å²) in [7, 11) is 0. The van der Waals surface area contributed by atoms with Gasteiger partial charge in [-0.2, -0.15) is 0 Å². The Labute approximate surface area is 144 Å². The second-order valence-electron chi connectivity index (χ2n) is 5.76. The van der Waals surface area contributed by atoms with Gasteiger partial charge in [0.15, 0.2) is 0 Å². The van der Waals surface area contributed by atoms with Crippen molar-refractivity contribution in [3.8, 4) is 5.75 Å². The number of primary amides is 1. The minimum atomic E-state index is -0.703. The van der Waals surface area contributed by atoms with E-state index in [1.807, 2.05) is 19.1 Å². The van der Waals surface area contributed by atoms with Crippen LogP contribution in [0.5, 0.6) is 5.75 Å². The molecular formula is C18H20FN3O3. The van der Waals surface area contributed by atoms with E-state index >= 15 is 0 Å². The number of halogens is 1. The van der Waals surface area contributed by atoms with Gasteiger partial charge in [0.1, 0.15) is 11.6 Å². The number of rotatable bonds is 6. The maximum Gasteiger partial charge on any atom is 0.319 e. The molecule has 2 aromatic carbocycles. The summed E-state index contributed by atoms with van der Waals surface area (Å²) in [6.45, 7) is 1.83. The van der Waals surface area contributed by atoms with Crippen LogP contribution in [0.1, 0.15) is 29.3 Å². The van der Waals surface area contributed by atoms with Gasteiger partial charge < -0.3 is 21.5 Å². The summed E-state index contributed by atoms with van der Waals surface area (Å²) in [5, 5.41) is 14.3. The maximum absolute atomic E-state index is 13.7. The predicted molar refractivity (Wildman–Crippen MR) is 93.0 cm³/mol. The number of nitrogens with two attached hydrogens (primary N) is 1. The molecule has 0 heterocycles. The van der Waals surface area contributed by atoms with Gasteiger partial charge >= 0.3 is 6.03 Å². The van der Waals surface area contributed by atoms with Crippen molar-refractivity contribution in [2.45, 2.75) is 25.8 Å². The zero-order valence-electron chi connectivity index (χ0n) is 13.8. The molecule has 3 amide bonds. The molecule has 0 bridgehead atoms. The van der Waals surface area contributed by atoms with Crippen LogP contribution in [0.4, 0.5) is 14.9 Å². The first kappa shape index (κ1) is 18.3. The molecule has 6 nitrogen and oxygen atoms in total. The number of benzene rings is 2. The smallest absolute Gasteiger partial charge is 0.319 e. The van der Waals surface area contributed by atoms with Crippen LogP contribution in [0.25, 0.3) is 0 Å². The highest BCUT2D eigenvalue weighted by atomic mass is 19.1. The maximum atomic E-state index is 13.7. The normalized spacial score (nSPS) is 11.6. The average molecular weight is 345 g/mol. The summed E-state index contributed by atoms with van der Waals surface area (Å²) >= 11 is 0. The summed E-state index contributed by atoms with van der Waals surface area (Å²) < 4.78 is 13.7. The molecule has 0 aromatic heterocycles. The Balaban J connectivity index is 1.88. The largest absolute Gasteiger partial charge is 0.508 e. The van der Waals surface area contributed by atoms with Crippen molar-refractivity contribution in [2.75, 3.05) is 5.32 Å². The molecular weight excluding hydrogens is 325 g/mol. The lowest BCUT2D eigenvalue weighted by molar-refractivity contribution is 0.1000. The van der Waals surface area contributed by atoms with E-state index in [1.165, 1.54) is 12.1 Å². The van der Waals surface area contributed by atoms with Crippen LogP contribution in [0, 0.1) is 5.82 Å². The van der Waals surface area contributed by atoms with Gasteiger partial charge in [-0.15, -0.1) is 0 Å². The number of carbonyl (C=O) groups is 2. The fourth-order valence-electron chi connectivity index (χ4n) is 2.27. The fraction of sp³-hybridized carbons (Fsp3) is 0.222. The molecule has 7 heteroatoms. The molecule has 0 aliphatic carbocycles. The predicted octanol–water partition coefficient (Wildman–Crippen LogP) is 2.77. The topological polar surface area (TPSA) is 104 Å². The quantitative estimate of drug-likeness (QED) is 0.647. The van der Waals surface area contributed by atoms with E-state index in [0.29, 0.717) is 12.8 Å². The van der Waals surface area contributed by atoms with Crippen molar-refractivity contribution < 1.29 is 19.1 Å². The number of hydrogen-bond donors (Lipinski definition) is 4. The van der Waals surface area contributed by atoms with Gasteiger partial charge in [0.25, 0.3) is 0 Å². The molecule has 0 aliphatic rings. The molecule has 0 unspecified atom stereocenters. The number of nitrogens with one attached hydrogen (secondary N) is 2. The lowest BCUT2D eigenvalue weighted by Crippen LogP contribution is -2.36. The number of urea groups is 1. The zero-order valence-corrected chi connectivity index (χ0v) is 13.8. The van der Waals surface area contributed by atoms with E-state index in [9.17, 15) is 19.1 Å². The van der Waals surface area contributed by atoms with Crippen molar-refractivity contribution in [1.82, 2.24) is 5.32 Å². The summed E-state index contributed by atoms with van der Waals surface area (Å²) in [5.74, 6) is -1.16. The van der Waals surface area contributed by atoms with E-state index in [4.69, 9.17) is 5.73 Å². The monoisotopic (exact) mass is 345 g/mol. The Morgan fingerprint density at radius 2 is 1.88 bits per heavy atom. The molecule has 2 rings (SSSR count). The van der Waals surface area contributed by atoms with Gasteiger partial charge in [0, 0.05) is 11.6 Å². The summed E-state index contributed by atoms with van der Waals surface area (Å²) in [6, 6.07) is 9.63. The first-order valence-corrected chi connectivity index (χ1v) is 7.80. The molecule has 1 atom stereocenters. The van der Waals surface area contributed by atoms with Gasteiger partial charge in [0.2, 0.25) is 5.91 Å². The van der Waals surface area contributed by atoms with E-state index < -0.39 is 17.8 Å². The Hall–Kier alpha value is -3.09. The van der Waals surface area contributed by atoms with E-state index in [2.05, 4.69) is 10.6 Å². The molecule has 2 aromatic rings. The Bertz CT molecular complexity index is 763. The second kappa shape index (κ2) is 8.14. The standard InChI is InChI=1S/C18H20FN3O3/c1-11(2-3-12-4-7-14(23)8-5-12)21-18(25)22-16-10-13(17(20)24)6-9-15(16)19/h4-11,23H,2-3H2,1H3,(H2,20,24)(H2,21,22,25)/t11-/m1/s1. The second-order valence-corrected chi connectivity index (χ2v) is 5.76. The van der Waals surface area contributed by atoms with Crippen LogP contribution < -0.4 is 16.4 Å². The van der Waals surface area contributed by atoms with E-state index in [1.54, 1.807) is 12.1 Å². The summed E-state index contributed by atoms with van der Waals surface area (Å²) in [4.78, 5) is 23.1. The highest BCUT2D eigenvalue weighted by Gasteiger charge is 2.12. The van der Waals surface area contributed by atoms with Crippen molar-refractivity contribution in [3.63, 3.8) is 0 Å². The van der Waals surface area contributed by atoms with Crippen LogP contribution in [-0.2, 0) is 6.42 Å². The number of phenols is 1. The van der Waals surface area contributed by atoms with Gasteiger partial charge in [-0.1, -0.05) is 12.1 Å². The third-order valence-corrected chi connectivity index (χ3v) is 3.68. The van der Waals surface area contributed by atoms with Crippen LogP contribution >= 0.6 is 0 Å². The molecule has 0 saturated heterocycles. The zero-order chi connectivity index (χ0) is 18.4. The molecule has 5 N–H and O–H groups in total. The summed E-state index contributed by atoms with van der Waals surface area (Å²) in [6.07, 6.45) is 1.38. The van der Waals surface area contributed by atoms with Crippen molar-refractivity contribution in [2.24, 2.45) is 5.73 Å². The minimum absolute atomic E-state index is 0.108. The SMILES string of the molecule is C[C@H](CCc1ccc(O)cc1)NC(=O)Nc1cc(C(N)=O)ccc1F. The number of aromatic hydroxyl groups is 1. The summed E-state index contributed by atoms with van der Waals surface area (Å²) in [5.41, 5.74) is 6.17. The molecule has 132 valence electrons. The first-order valence-electron chi connectivity index (χ1n) is 7.80. The van der Waals surface area contributed by atoms with Gasteiger partial charge in [-0.25, -0.2) is 9.18 Å². The molecule has 25 heavy (non-hydrogen) atoms. The molecule has 0 spiro atoms. The first-order chi connectivity index (χ1) is 11.8. The lowest BCUT2D eigenvalue weighted by atomic mass is 10.1. The molecule has 0 radical (unpaired) electrons. The third kappa shape index (κ3) is 5.49. The molecule has 0 fully saturated rings. The number of amides is 3. The number of anilines is 1. The van der Waals surface area contributed by atoms with Crippen LogP contribution in [0.15, 0.2) is 42.5 Å². The van der Waals surface area contributed by atoms with Crippen molar-refractivity contribution in [1.29, 1.82) is 0 Å². The van der Waals surface area contributed by atoms with Crippen molar-refractivity contribution >= 4 is 17.6 Å². The van der Waals surface area contributed by atoms with Crippen LogP contribution in [0.3, 0.4) is 0 Å². The van der Waals surface area contributed by atoms with E-state index in [-0.39, 0.29) is 23.0 Å². The fourth-order valence-corrected chi connectivity index (χ4v) is 2.27. The van der Waals surface area contributed by atoms with Crippen LogP contribution in [0.2, 0.25) is 0 Å². The third-order valence-electron chi connectivity index (χ3n) is 3.68. The Morgan fingerprint density at radius 1 is 1.20 bits per heavy atom. The Kier molecular flexibility index (Phi) is 5.94. The highest BCUT2D eigenvalue weighted by Crippen LogP contribution is 2.16. The number of hydrogen-bond acceptors (Lipinski definition) is 3. The Morgan fingerprint density at radius 3 is 2.52 bits per heavy atom. The number of phenolic OH excluding ortho intramolecular Hbond substituents is 1. The van der Waals surface area contributed by atoms with Crippen LogP contribution in [-0.4, -0.2) is 23.1 Å². The molecule has 0 saturated carbocycles. The number of aryl methyl sites for hydroxylation is 1. The highest BCUT2D eigenvalue weighted by molar-refractivity contribution is 5.96. The lowest BCUT2D eigenvalue weighted by Gasteiger charge is -2.15.